The molecule has 1 aromatic carbocycles. The Morgan fingerprint density at radius 3 is 2.57 bits per heavy atom. The molecule has 2 heteroatoms. The fraction of sp³-hybridized carbons (Fsp3) is 0.474. The maximum Gasteiger partial charge on any atom is 0.0504 e. The number of likely N-dealkylation sites (tertiary alicyclic amines) is 1. The van der Waals surface area contributed by atoms with Gasteiger partial charge in [0.25, 0.3) is 0 Å². The van der Waals surface area contributed by atoms with Gasteiger partial charge in [-0.25, -0.2) is 0 Å². The van der Waals surface area contributed by atoms with Crippen molar-refractivity contribution in [3.8, 4) is 0 Å². The lowest BCUT2D eigenvalue weighted by Gasteiger charge is -2.48. The molecule has 0 amide bonds. The monoisotopic (exact) mass is 297 g/mol. The van der Waals surface area contributed by atoms with E-state index in [1.165, 1.54) is 57.2 Å². The van der Waals surface area contributed by atoms with E-state index >= 15 is 0 Å². The van der Waals surface area contributed by atoms with Crippen molar-refractivity contribution in [2.75, 3.05) is 13.1 Å². The second kappa shape index (κ2) is 5.58. The highest BCUT2D eigenvalue weighted by molar-refractivity contribution is 7.10. The normalized spacial score (nSPS) is 26.5. The lowest BCUT2D eigenvalue weighted by atomic mass is 9.74. The minimum atomic E-state index is 0.246. The van der Waals surface area contributed by atoms with Gasteiger partial charge >= 0.3 is 0 Å². The zero-order valence-electron chi connectivity index (χ0n) is 12.6. The van der Waals surface area contributed by atoms with E-state index in [1.54, 1.807) is 10.4 Å². The van der Waals surface area contributed by atoms with Crippen molar-refractivity contribution >= 4 is 11.3 Å². The van der Waals surface area contributed by atoms with Gasteiger partial charge in [-0.05, 0) is 67.8 Å². The van der Waals surface area contributed by atoms with Gasteiger partial charge < -0.3 is 0 Å². The zero-order chi connectivity index (χ0) is 14.1. The second-order valence-corrected chi connectivity index (χ2v) is 7.49. The smallest absolute Gasteiger partial charge is 0.0504 e. The molecule has 21 heavy (non-hydrogen) atoms. The molecule has 1 aromatic heterocycles. The molecule has 0 spiro atoms. The molecule has 1 saturated heterocycles. The maximum atomic E-state index is 2.80. The highest BCUT2D eigenvalue weighted by Gasteiger charge is 2.41. The molecule has 1 aliphatic heterocycles. The number of hydrogen-bond donors (Lipinski definition) is 0. The average molecular weight is 297 g/mol. The van der Waals surface area contributed by atoms with Crippen molar-refractivity contribution in [1.29, 1.82) is 0 Å². The number of nitrogens with zero attached hydrogens (tertiary/aromatic N) is 1. The summed E-state index contributed by atoms with van der Waals surface area (Å²) in [6, 6.07) is 13.6. The van der Waals surface area contributed by atoms with Crippen molar-refractivity contribution in [2.24, 2.45) is 0 Å². The highest BCUT2D eigenvalue weighted by Crippen LogP contribution is 2.43. The third-order valence-electron chi connectivity index (χ3n) is 5.36. The molecule has 0 radical (unpaired) electrons. The predicted octanol–water partition coefficient (Wildman–Crippen LogP) is 4.62. The summed E-state index contributed by atoms with van der Waals surface area (Å²) in [6.45, 7) is 2.54. The van der Waals surface area contributed by atoms with Gasteiger partial charge in [0.1, 0.15) is 0 Å². The number of hydrogen-bond acceptors (Lipinski definition) is 2. The summed E-state index contributed by atoms with van der Waals surface area (Å²) < 4.78 is 0. The van der Waals surface area contributed by atoms with Crippen LogP contribution >= 0.6 is 11.3 Å². The maximum absolute atomic E-state index is 2.80. The molecular weight excluding hydrogens is 274 g/mol. The number of piperidine rings is 1. The van der Waals surface area contributed by atoms with Crippen LogP contribution in [0.1, 0.15) is 41.7 Å². The van der Waals surface area contributed by atoms with E-state index in [9.17, 15) is 0 Å². The van der Waals surface area contributed by atoms with Crippen molar-refractivity contribution in [3.05, 3.63) is 57.8 Å². The Balaban J connectivity index is 1.76. The lowest BCUT2D eigenvalue weighted by Crippen LogP contribution is -2.51. The number of benzene rings is 1. The molecule has 4 rings (SSSR count). The Labute approximate surface area is 131 Å². The van der Waals surface area contributed by atoms with E-state index in [0.717, 1.165) is 0 Å². The summed E-state index contributed by atoms with van der Waals surface area (Å²) in [4.78, 5) is 4.42. The second-order valence-electron chi connectivity index (χ2n) is 6.49. The molecule has 110 valence electrons. The summed E-state index contributed by atoms with van der Waals surface area (Å²) in [5, 5.41) is 2.28. The van der Waals surface area contributed by atoms with Crippen LogP contribution < -0.4 is 0 Å². The van der Waals surface area contributed by atoms with Gasteiger partial charge in [-0.2, -0.15) is 0 Å². The molecule has 0 N–H and O–H groups in total. The van der Waals surface area contributed by atoms with Crippen LogP contribution in [0.4, 0.5) is 0 Å². The molecule has 0 bridgehead atoms. The van der Waals surface area contributed by atoms with Crippen molar-refractivity contribution in [1.82, 2.24) is 4.90 Å². The first-order valence-electron chi connectivity index (χ1n) is 8.24. The van der Waals surface area contributed by atoms with Gasteiger partial charge in [0.15, 0.2) is 0 Å². The minimum Gasteiger partial charge on any atom is -0.293 e. The van der Waals surface area contributed by atoms with Crippen LogP contribution in [0.3, 0.4) is 0 Å². The molecule has 1 atom stereocenters. The van der Waals surface area contributed by atoms with Gasteiger partial charge in [0.2, 0.25) is 0 Å². The fourth-order valence-electron chi connectivity index (χ4n) is 4.24. The first kappa shape index (κ1) is 13.5. The Kier molecular flexibility index (Phi) is 3.60. The van der Waals surface area contributed by atoms with Gasteiger partial charge in [-0.15, -0.1) is 11.3 Å². The number of fused-ring (bicyclic) bond motifs is 1. The van der Waals surface area contributed by atoms with Crippen LogP contribution in [0.15, 0.2) is 41.8 Å². The molecule has 1 nitrogen and oxygen atoms in total. The Morgan fingerprint density at radius 1 is 0.952 bits per heavy atom. The molecule has 1 fully saturated rings. The Bertz CT molecular complexity index is 597. The third kappa shape index (κ3) is 2.35. The zero-order valence-corrected chi connectivity index (χ0v) is 13.4. The quantitative estimate of drug-likeness (QED) is 0.782. The van der Waals surface area contributed by atoms with Crippen molar-refractivity contribution < 1.29 is 0 Å². The molecule has 0 saturated carbocycles. The van der Waals surface area contributed by atoms with Crippen LogP contribution in [0, 0.1) is 0 Å². The summed E-state index contributed by atoms with van der Waals surface area (Å²) in [6.07, 6.45) is 7.87. The van der Waals surface area contributed by atoms with Crippen LogP contribution in [-0.4, -0.2) is 18.0 Å². The molecule has 1 unspecified atom stereocenters. The standard InChI is InChI=1S/C19H23NS/c1-3-7-17(8-4-1)19(20-12-5-2-6-13-20)11-9-18-16(15-19)10-14-21-18/h1,3-4,7-8,10,14H,2,5-6,9,11-13,15H2. The fourth-order valence-corrected chi connectivity index (χ4v) is 5.14. The number of rotatable bonds is 2. The molecule has 2 aromatic rings. The number of thiophene rings is 1. The van der Waals surface area contributed by atoms with E-state index in [-0.39, 0.29) is 5.54 Å². The van der Waals surface area contributed by atoms with Crippen LogP contribution in [0.25, 0.3) is 0 Å². The molecule has 2 aliphatic rings. The highest BCUT2D eigenvalue weighted by atomic mass is 32.1. The van der Waals surface area contributed by atoms with E-state index in [2.05, 4.69) is 46.7 Å². The molecule has 1 aliphatic carbocycles. The number of aryl methyl sites for hydroxylation is 1. The van der Waals surface area contributed by atoms with Crippen molar-refractivity contribution in [2.45, 2.75) is 44.1 Å². The predicted molar refractivity (Wildman–Crippen MR) is 89.9 cm³/mol. The van der Waals surface area contributed by atoms with E-state index in [1.807, 2.05) is 11.3 Å². The first-order chi connectivity index (χ1) is 10.4. The van der Waals surface area contributed by atoms with Crippen LogP contribution in [0.5, 0.6) is 0 Å². The summed E-state index contributed by atoms with van der Waals surface area (Å²) >= 11 is 1.95. The van der Waals surface area contributed by atoms with E-state index < -0.39 is 0 Å². The summed E-state index contributed by atoms with van der Waals surface area (Å²) in [5.74, 6) is 0. The average Bonchev–Trinajstić information content (AvgIpc) is 3.03. The summed E-state index contributed by atoms with van der Waals surface area (Å²) in [5.41, 5.74) is 3.37. The lowest BCUT2D eigenvalue weighted by molar-refractivity contribution is 0.0508. The van der Waals surface area contributed by atoms with Gasteiger partial charge in [0.05, 0.1) is 5.54 Å². The molecular formula is C19H23NS. The topological polar surface area (TPSA) is 3.24 Å². The summed E-state index contributed by atoms with van der Waals surface area (Å²) in [7, 11) is 0. The van der Waals surface area contributed by atoms with Gasteiger partial charge in [-0.1, -0.05) is 36.8 Å². The van der Waals surface area contributed by atoms with E-state index in [4.69, 9.17) is 0 Å². The molecule has 2 heterocycles. The first-order valence-corrected chi connectivity index (χ1v) is 9.12. The van der Waals surface area contributed by atoms with Crippen LogP contribution in [0.2, 0.25) is 0 Å². The van der Waals surface area contributed by atoms with Crippen molar-refractivity contribution in [3.63, 3.8) is 0 Å². The minimum absolute atomic E-state index is 0.246. The largest absolute Gasteiger partial charge is 0.293 e. The van der Waals surface area contributed by atoms with E-state index in [0.29, 0.717) is 0 Å². The third-order valence-corrected chi connectivity index (χ3v) is 6.38. The van der Waals surface area contributed by atoms with Gasteiger partial charge in [-0.3, -0.25) is 4.90 Å². The Hall–Kier alpha value is -1.12. The van der Waals surface area contributed by atoms with Crippen LogP contribution in [-0.2, 0) is 18.4 Å². The Morgan fingerprint density at radius 2 is 1.76 bits per heavy atom. The SMILES string of the molecule is c1ccc(C2(N3CCCCC3)CCc3sccc3C2)cc1. The van der Waals surface area contributed by atoms with Gasteiger partial charge in [0, 0.05) is 4.88 Å².